The molecular formula is C15H29FN5O4P. The zero-order chi connectivity index (χ0) is 20.0. The first kappa shape index (κ1) is 24.4. The van der Waals surface area contributed by atoms with Crippen molar-refractivity contribution in [2.45, 2.75) is 34.1 Å². The van der Waals surface area contributed by atoms with Crippen molar-refractivity contribution < 1.29 is 22.7 Å². The first-order chi connectivity index (χ1) is 12.6. The Morgan fingerprint density at radius 2 is 1.81 bits per heavy atom. The molecule has 0 spiro atoms. The minimum absolute atomic E-state index is 0.0784. The number of alkyl halides is 1. The average molecular weight is 393 g/mol. The number of ether oxygens (including phenoxy) is 1. The Hall–Kier alpha value is -1.61. The molecule has 0 bridgehead atoms. The second-order valence-corrected chi connectivity index (χ2v) is 6.37. The molecule has 150 valence electrons. The minimum atomic E-state index is -3.17. The van der Waals surface area contributed by atoms with E-state index in [0.29, 0.717) is 39.1 Å². The molecule has 0 radical (unpaired) electrons. The van der Waals surface area contributed by atoms with Crippen molar-refractivity contribution in [2.75, 3.05) is 39.1 Å². The standard InChI is InChI=1S/C12H20N5O4P.C2H6.CH3F/c1-3-20-22(18,21-4-2)9-19-6-5-10-7-16-17-11(10)14-8-15-12(17)13;2*1-2/h7-8H,3-6,9H2,1-2H3,(H2,13,14,15);1-2H3;1H3. The van der Waals surface area contributed by atoms with Crippen molar-refractivity contribution in [1.82, 2.24) is 19.6 Å². The number of hydrogen-bond donors (Lipinski definition) is 1. The number of anilines is 1. The van der Waals surface area contributed by atoms with Crippen molar-refractivity contribution in [1.29, 1.82) is 0 Å². The van der Waals surface area contributed by atoms with Gasteiger partial charge in [-0.25, -0.2) is 9.97 Å². The topological polar surface area (TPSA) is 114 Å². The zero-order valence-corrected chi connectivity index (χ0v) is 16.9. The lowest BCUT2D eigenvalue weighted by molar-refractivity contribution is 0.134. The van der Waals surface area contributed by atoms with Crippen LogP contribution in [0.3, 0.4) is 0 Å². The Morgan fingerprint density at radius 3 is 2.38 bits per heavy atom. The summed E-state index contributed by atoms with van der Waals surface area (Å²) in [6.07, 6.45) is 3.52. The summed E-state index contributed by atoms with van der Waals surface area (Å²) < 4.78 is 38.9. The van der Waals surface area contributed by atoms with Crippen LogP contribution in [0.4, 0.5) is 10.3 Å². The van der Waals surface area contributed by atoms with Crippen molar-refractivity contribution in [3.8, 4) is 0 Å². The predicted molar refractivity (Wildman–Crippen MR) is 99.0 cm³/mol. The smallest absolute Gasteiger partial charge is 0.356 e. The summed E-state index contributed by atoms with van der Waals surface area (Å²) in [5.41, 5.74) is 7.20. The maximum atomic E-state index is 12.2. The van der Waals surface area contributed by atoms with Crippen LogP contribution in [0, 0.1) is 0 Å². The van der Waals surface area contributed by atoms with Crippen LogP contribution in [-0.4, -0.2) is 52.9 Å². The molecule has 0 unspecified atom stereocenters. The van der Waals surface area contributed by atoms with Gasteiger partial charge in [-0.05, 0) is 13.8 Å². The lowest BCUT2D eigenvalue weighted by atomic mass is 10.2. The molecular weight excluding hydrogens is 364 g/mol. The third-order valence-electron chi connectivity index (χ3n) is 2.82. The fraction of sp³-hybridized carbons (Fsp3) is 0.667. The first-order valence-electron chi connectivity index (χ1n) is 8.36. The summed E-state index contributed by atoms with van der Waals surface area (Å²) in [5.74, 6) is 0.273. The third kappa shape index (κ3) is 7.33. The molecule has 2 rings (SSSR count). The maximum Gasteiger partial charge on any atom is 0.356 e. The van der Waals surface area contributed by atoms with Gasteiger partial charge in [0.1, 0.15) is 12.7 Å². The molecule has 0 saturated heterocycles. The predicted octanol–water partition coefficient (Wildman–Crippen LogP) is 3.10. The van der Waals surface area contributed by atoms with Gasteiger partial charge in [0.2, 0.25) is 5.95 Å². The molecule has 9 nitrogen and oxygen atoms in total. The van der Waals surface area contributed by atoms with Crippen LogP contribution in [0.15, 0.2) is 12.5 Å². The first-order valence-corrected chi connectivity index (χ1v) is 10.1. The van der Waals surface area contributed by atoms with E-state index < -0.39 is 7.60 Å². The van der Waals surface area contributed by atoms with Crippen LogP contribution in [0.25, 0.3) is 5.65 Å². The second-order valence-electron chi connectivity index (χ2n) is 4.37. The Bertz CT molecular complexity index is 661. The van der Waals surface area contributed by atoms with E-state index in [4.69, 9.17) is 19.5 Å². The number of nitrogens with two attached hydrogens (primary N) is 1. The third-order valence-corrected chi connectivity index (χ3v) is 4.62. The number of rotatable bonds is 9. The Labute approximate surface area is 153 Å². The van der Waals surface area contributed by atoms with E-state index in [-0.39, 0.29) is 12.3 Å². The lowest BCUT2D eigenvalue weighted by Gasteiger charge is -2.16. The summed E-state index contributed by atoms with van der Waals surface area (Å²) >= 11 is 0. The summed E-state index contributed by atoms with van der Waals surface area (Å²) in [6, 6.07) is 0. The SMILES string of the molecule is CC.CCOP(=O)(COCCc1cnn2c(N)ncnc12)OCC.CF. The molecule has 0 aromatic carbocycles. The van der Waals surface area contributed by atoms with Crippen LogP contribution < -0.4 is 5.73 Å². The molecule has 2 aromatic heterocycles. The highest BCUT2D eigenvalue weighted by atomic mass is 31.2. The Balaban J connectivity index is 0.00000146. The largest absolute Gasteiger partial charge is 0.368 e. The van der Waals surface area contributed by atoms with E-state index in [9.17, 15) is 8.96 Å². The maximum absolute atomic E-state index is 12.2. The van der Waals surface area contributed by atoms with Crippen LogP contribution in [0.1, 0.15) is 33.3 Å². The fourth-order valence-corrected chi connectivity index (χ4v) is 3.28. The molecule has 26 heavy (non-hydrogen) atoms. The Morgan fingerprint density at radius 1 is 1.19 bits per heavy atom. The van der Waals surface area contributed by atoms with E-state index in [0.717, 1.165) is 5.56 Å². The second kappa shape index (κ2) is 13.6. The minimum Gasteiger partial charge on any atom is -0.368 e. The molecule has 2 heterocycles. The average Bonchev–Trinajstić information content (AvgIpc) is 3.07. The van der Waals surface area contributed by atoms with Gasteiger partial charge in [-0.15, -0.1) is 0 Å². The highest BCUT2D eigenvalue weighted by Gasteiger charge is 2.23. The summed E-state index contributed by atoms with van der Waals surface area (Å²) in [7, 11) is -2.67. The van der Waals surface area contributed by atoms with E-state index >= 15 is 0 Å². The molecule has 0 aliphatic rings. The van der Waals surface area contributed by atoms with Crippen molar-refractivity contribution in [3.05, 3.63) is 18.1 Å². The van der Waals surface area contributed by atoms with E-state index in [1.54, 1.807) is 20.0 Å². The van der Waals surface area contributed by atoms with Crippen LogP contribution in [-0.2, 0) is 24.8 Å². The molecule has 2 aromatic rings. The molecule has 0 aliphatic heterocycles. The monoisotopic (exact) mass is 393 g/mol. The van der Waals surface area contributed by atoms with Gasteiger partial charge in [-0.1, -0.05) is 13.8 Å². The number of nitrogen functional groups attached to an aromatic ring is 1. The Kier molecular flexibility index (Phi) is 12.7. The quantitative estimate of drug-likeness (QED) is 0.511. The van der Waals surface area contributed by atoms with E-state index in [1.807, 2.05) is 13.8 Å². The van der Waals surface area contributed by atoms with Gasteiger partial charge >= 0.3 is 7.60 Å². The number of nitrogens with zero attached hydrogens (tertiary/aromatic N) is 4. The summed E-state index contributed by atoms with van der Waals surface area (Å²) in [4.78, 5) is 7.99. The van der Waals surface area contributed by atoms with E-state index in [1.165, 1.54) is 10.8 Å². The van der Waals surface area contributed by atoms with Crippen LogP contribution in [0.5, 0.6) is 0 Å². The number of hydrogen-bond acceptors (Lipinski definition) is 8. The molecule has 0 amide bonds. The van der Waals surface area contributed by atoms with Crippen molar-refractivity contribution in [3.63, 3.8) is 0 Å². The fourth-order valence-electron chi connectivity index (χ4n) is 1.92. The summed E-state index contributed by atoms with van der Waals surface area (Å²) in [6.45, 7) is 8.48. The van der Waals surface area contributed by atoms with Crippen molar-refractivity contribution in [2.24, 2.45) is 0 Å². The lowest BCUT2D eigenvalue weighted by Crippen LogP contribution is -2.06. The highest BCUT2D eigenvalue weighted by molar-refractivity contribution is 7.53. The van der Waals surface area contributed by atoms with Gasteiger partial charge in [0.05, 0.1) is 33.2 Å². The molecule has 0 aliphatic carbocycles. The molecule has 2 N–H and O–H groups in total. The number of halogens is 1. The molecule has 0 fully saturated rings. The van der Waals surface area contributed by atoms with Gasteiger partial charge in [-0.3, -0.25) is 8.96 Å². The highest BCUT2D eigenvalue weighted by Crippen LogP contribution is 2.47. The zero-order valence-electron chi connectivity index (χ0n) is 16.0. The van der Waals surface area contributed by atoms with Crippen LogP contribution >= 0.6 is 7.60 Å². The molecule has 0 atom stereocenters. The van der Waals surface area contributed by atoms with Gasteiger partial charge in [0.15, 0.2) is 5.65 Å². The summed E-state index contributed by atoms with van der Waals surface area (Å²) in [5, 5.41) is 4.11. The molecule has 0 saturated carbocycles. The number of fused-ring (bicyclic) bond motifs is 1. The molecule has 11 heteroatoms. The van der Waals surface area contributed by atoms with E-state index in [2.05, 4.69) is 15.1 Å². The number of aromatic nitrogens is 4. The van der Waals surface area contributed by atoms with Gasteiger partial charge < -0.3 is 19.5 Å². The van der Waals surface area contributed by atoms with Crippen molar-refractivity contribution >= 4 is 19.2 Å². The van der Waals surface area contributed by atoms with Gasteiger partial charge in [0.25, 0.3) is 0 Å². The van der Waals surface area contributed by atoms with Gasteiger partial charge in [0, 0.05) is 12.0 Å². The van der Waals surface area contributed by atoms with Crippen LogP contribution in [0.2, 0.25) is 0 Å². The normalized spacial score (nSPS) is 10.7. The van der Waals surface area contributed by atoms with Gasteiger partial charge in [-0.2, -0.15) is 9.61 Å².